The highest BCUT2D eigenvalue weighted by Gasteiger charge is 2.13. The Kier molecular flexibility index (Phi) is 12.4. The van der Waals surface area contributed by atoms with Crippen molar-refractivity contribution in [2.75, 3.05) is 47.3 Å². The van der Waals surface area contributed by atoms with Gasteiger partial charge in [-0.1, -0.05) is 27.5 Å². The van der Waals surface area contributed by atoms with Crippen molar-refractivity contribution in [2.45, 2.75) is 39.2 Å². The summed E-state index contributed by atoms with van der Waals surface area (Å²) < 4.78 is 0. The third kappa shape index (κ3) is 9.36. The number of benzene rings is 1. The molecule has 0 aromatic heterocycles. The summed E-state index contributed by atoms with van der Waals surface area (Å²) in [7, 11) is 12.4. The fraction of sp³-hybridized carbons (Fsp3) is 0.684. The van der Waals surface area contributed by atoms with Crippen LogP contribution in [-0.2, 0) is 6.54 Å². The number of hydrogen-bond acceptors (Lipinski definition) is 4. The standard InChI is InChI=1S/C19H34BIN3OP/c1-16-13-18(26(20)21)14-17(19(16)25)15-24(11-6-5-9-22-2)12-8-7-10-23(3)4/h13-14,22,25H,5-12,15H2,1-4H3. The van der Waals surface area contributed by atoms with Crippen molar-refractivity contribution < 1.29 is 5.11 Å². The van der Waals surface area contributed by atoms with Gasteiger partial charge < -0.3 is 15.3 Å². The first-order valence-electron chi connectivity index (χ1n) is 9.40. The first kappa shape index (κ1) is 24.2. The topological polar surface area (TPSA) is 38.7 Å². The van der Waals surface area contributed by atoms with Crippen LogP contribution in [0.5, 0.6) is 5.75 Å². The number of nitrogens with zero attached hydrogens (tertiary/aromatic N) is 2. The number of nitrogens with one attached hydrogen (secondary N) is 1. The Labute approximate surface area is 175 Å². The number of phenols is 1. The van der Waals surface area contributed by atoms with Gasteiger partial charge in [0.15, 0.2) is 0 Å². The second kappa shape index (κ2) is 13.3. The van der Waals surface area contributed by atoms with Gasteiger partial charge in [-0.2, -0.15) is 0 Å². The highest BCUT2D eigenvalue weighted by Crippen LogP contribution is 2.39. The molecule has 0 heterocycles. The van der Waals surface area contributed by atoms with Gasteiger partial charge in [-0.25, -0.2) is 0 Å². The number of rotatable bonds is 13. The molecule has 1 aromatic rings. The van der Waals surface area contributed by atoms with E-state index in [1.165, 1.54) is 25.7 Å². The second-order valence-electron chi connectivity index (χ2n) is 7.18. The van der Waals surface area contributed by atoms with Gasteiger partial charge >= 0.3 is 0 Å². The number of unbranched alkanes of at least 4 members (excludes halogenated alkanes) is 2. The molecule has 1 rings (SSSR count). The minimum Gasteiger partial charge on any atom is -0.507 e. The van der Waals surface area contributed by atoms with E-state index >= 15 is 0 Å². The summed E-state index contributed by atoms with van der Waals surface area (Å²) in [6.45, 7) is 7.07. The Hall–Kier alpha value is 0.125. The Morgan fingerprint density at radius 2 is 1.73 bits per heavy atom. The number of aryl methyl sites for hydroxylation is 1. The molecule has 0 saturated heterocycles. The summed E-state index contributed by atoms with van der Waals surface area (Å²) in [5, 5.41) is 14.9. The molecule has 2 N–H and O–H groups in total. The van der Waals surface area contributed by atoms with E-state index in [9.17, 15) is 5.11 Å². The van der Waals surface area contributed by atoms with Crippen LogP contribution in [0.1, 0.15) is 36.8 Å². The first-order valence-corrected chi connectivity index (χ1v) is 13.6. The molecular formula is C19H34BIN3OP. The normalized spacial score (nSPS) is 12.9. The van der Waals surface area contributed by atoms with Gasteiger partial charge in [0.05, 0.1) is 0 Å². The maximum Gasteiger partial charge on any atom is 0.129 e. The van der Waals surface area contributed by atoms with Crippen LogP contribution < -0.4 is 10.6 Å². The van der Waals surface area contributed by atoms with Crippen molar-refractivity contribution >= 4 is 40.4 Å². The van der Waals surface area contributed by atoms with Gasteiger partial charge in [-0.3, -0.25) is 4.90 Å². The van der Waals surface area contributed by atoms with Crippen LogP contribution in [0.15, 0.2) is 12.1 Å². The largest absolute Gasteiger partial charge is 0.507 e. The lowest BCUT2D eigenvalue weighted by atomic mass is 10.1. The van der Waals surface area contributed by atoms with Crippen LogP contribution in [0.4, 0.5) is 0 Å². The lowest BCUT2D eigenvalue weighted by Gasteiger charge is -2.24. The highest BCUT2D eigenvalue weighted by atomic mass is 127. The molecule has 1 aromatic carbocycles. The quantitative estimate of drug-likeness (QED) is 0.193. The van der Waals surface area contributed by atoms with Gasteiger partial charge in [-0.05, 0) is 103 Å². The molecule has 2 radical (unpaired) electrons. The van der Waals surface area contributed by atoms with Gasteiger partial charge in [-0.15, -0.1) is 0 Å². The van der Waals surface area contributed by atoms with Crippen LogP contribution in [-0.4, -0.2) is 69.8 Å². The van der Waals surface area contributed by atoms with Gasteiger partial charge in [0, 0.05) is 12.1 Å². The zero-order valence-corrected chi connectivity index (χ0v) is 19.8. The third-order valence-electron chi connectivity index (χ3n) is 4.49. The van der Waals surface area contributed by atoms with E-state index in [2.05, 4.69) is 57.3 Å². The minimum absolute atomic E-state index is 0.426. The average molecular weight is 489 g/mol. The van der Waals surface area contributed by atoms with Crippen LogP contribution >= 0.6 is 27.5 Å². The van der Waals surface area contributed by atoms with E-state index in [1.807, 2.05) is 20.0 Å². The molecule has 4 nitrogen and oxygen atoms in total. The van der Waals surface area contributed by atoms with Crippen molar-refractivity contribution in [2.24, 2.45) is 0 Å². The summed E-state index contributed by atoms with van der Waals surface area (Å²) in [6.07, 6.45) is 4.73. The summed E-state index contributed by atoms with van der Waals surface area (Å²) in [4.78, 5) is 4.72. The van der Waals surface area contributed by atoms with E-state index in [-0.39, 0.29) is 0 Å². The van der Waals surface area contributed by atoms with Crippen LogP contribution in [0.3, 0.4) is 0 Å². The van der Waals surface area contributed by atoms with E-state index < -0.39 is 5.44 Å². The molecule has 0 aliphatic heterocycles. The smallest absolute Gasteiger partial charge is 0.129 e. The third-order valence-corrected chi connectivity index (χ3v) is 6.91. The van der Waals surface area contributed by atoms with E-state index in [4.69, 9.17) is 7.57 Å². The molecule has 0 aliphatic rings. The van der Waals surface area contributed by atoms with Gasteiger partial charge in [0.2, 0.25) is 0 Å². The van der Waals surface area contributed by atoms with Crippen LogP contribution in [0, 0.1) is 6.92 Å². The lowest BCUT2D eigenvalue weighted by molar-refractivity contribution is 0.246. The molecule has 1 atom stereocenters. The van der Waals surface area contributed by atoms with Crippen molar-refractivity contribution in [3.8, 4) is 5.75 Å². The SMILES string of the molecule is [B]P(I)c1cc(C)c(O)c(CN(CCCCNC)CCCCN(C)C)c1. The molecular weight excluding hydrogens is 455 g/mol. The van der Waals surface area contributed by atoms with Gasteiger partial charge in [0.1, 0.15) is 13.3 Å². The van der Waals surface area contributed by atoms with Crippen molar-refractivity contribution in [3.05, 3.63) is 23.3 Å². The Bertz CT molecular complexity index is 532. The molecule has 0 aliphatic carbocycles. The Morgan fingerprint density at radius 1 is 1.12 bits per heavy atom. The van der Waals surface area contributed by atoms with Gasteiger partial charge in [0.25, 0.3) is 0 Å². The molecule has 0 spiro atoms. The molecule has 1 unspecified atom stereocenters. The number of hydrogen-bond donors (Lipinski definition) is 2. The highest BCUT2D eigenvalue weighted by molar-refractivity contribution is 14.2. The van der Waals surface area contributed by atoms with Crippen LogP contribution in [0.2, 0.25) is 0 Å². The monoisotopic (exact) mass is 489 g/mol. The molecule has 0 amide bonds. The molecule has 146 valence electrons. The zero-order chi connectivity index (χ0) is 19.5. The number of phenolic OH excluding ortho intramolecular Hbond substituents is 1. The average Bonchev–Trinajstić information content (AvgIpc) is 2.58. The maximum absolute atomic E-state index is 10.5. The molecule has 26 heavy (non-hydrogen) atoms. The molecule has 0 fully saturated rings. The fourth-order valence-corrected chi connectivity index (χ4v) is 4.42. The van der Waals surface area contributed by atoms with Crippen molar-refractivity contribution in [1.29, 1.82) is 0 Å². The zero-order valence-electron chi connectivity index (χ0n) is 16.8. The number of aromatic hydroxyl groups is 1. The predicted molar refractivity (Wildman–Crippen MR) is 125 cm³/mol. The Balaban J connectivity index is 2.75. The second-order valence-corrected chi connectivity index (χ2v) is 11.4. The predicted octanol–water partition coefficient (Wildman–Crippen LogP) is 3.38. The summed E-state index contributed by atoms with van der Waals surface area (Å²) in [5.74, 6) is 0.426. The van der Waals surface area contributed by atoms with Crippen molar-refractivity contribution in [1.82, 2.24) is 15.1 Å². The summed E-state index contributed by atoms with van der Waals surface area (Å²) >= 11 is 2.29. The first-order chi connectivity index (χ1) is 12.3. The summed E-state index contributed by atoms with van der Waals surface area (Å²) in [5.41, 5.74) is 1.26. The molecule has 0 saturated carbocycles. The summed E-state index contributed by atoms with van der Waals surface area (Å²) in [6, 6.07) is 4.12. The minimum atomic E-state index is -0.676. The van der Waals surface area contributed by atoms with E-state index in [0.717, 1.165) is 49.2 Å². The van der Waals surface area contributed by atoms with E-state index in [1.54, 1.807) is 0 Å². The fourth-order valence-electron chi connectivity index (χ4n) is 2.99. The molecule has 7 heteroatoms. The van der Waals surface area contributed by atoms with Crippen molar-refractivity contribution in [3.63, 3.8) is 0 Å². The lowest BCUT2D eigenvalue weighted by Crippen LogP contribution is -2.27. The number of halogens is 1. The van der Waals surface area contributed by atoms with E-state index in [0.29, 0.717) is 5.75 Å². The molecule has 0 bridgehead atoms. The van der Waals surface area contributed by atoms with Crippen LogP contribution in [0.25, 0.3) is 0 Å². The Morgan fingerprint density at radius 3 is 2.31 bits per heavy atom. The maximum atomic E-state index is 10.5.